The van der Waals surface area contributed by atoms with Crippen LogP contribution >= 0.6 is 0 Å². The number of benzene rings is 2. The summed E-state index contributed by atoms with van der Waals surface area (Å²) in [6, 6.07) is 5.80. The SMILES string of the molecule is COCOc1cc2cccc(C#C[Si](C(C)C)(C(C)C)C(C)C)c2c(OS(=O)(=O)C(F)(F)F)c1F. The highest BCUT2D eigenvalue weighted by Gasteiger charge is 2.49. The summed E-state index contributed by atoms with van der Waals surface area (Å²) in [5.41, 5.74) is -1.40. The number of hydrogen-bond donors (Lipinski definition) is 0. The lowest BCUT2D eigenvalue weighted by atomic mass is 10.0. The molecule has 0 heterocycles. The lowest BCUT2D eigenvalue weighted by Crippen LogP contribution is -2.43. The third kappa shape index (κ3) is 5.76. The van der Waals surface area contributed by atoms with Gasteiger partial charge in [-0.05, 0) is 34.1 Å². The molecule has 0 atom stereocenters. The first-order valence-electron chi connectivity index (χ1n) is 11.0. The zero-order valence-corrected chi connectivity index (χ0v) is 22.5. The van der Waals surface area contributed by atoms with E-state index in [0.717, 1.165) is 0 Å². The summed E-state index contributed by atoms with van der Waals surface area (Å²) in [7, 11) is -7.17. The molecule has 0 bridgehead atoms. The highest BCUT2D eigenvalue weighted by molar-refractivity contribution is 7.88. The number of ether oxygens (including phenoxy) is 2. The van der Waals surface area contributed by atoms with Gasteiger partial charge in [0.05, 0.1) is 0 Å². The number of methoxy groups -OCH3 is 1. The van der Waals surface area contributed by atoms with Crippen LogP contribution in [0.1, 0.15) is 47.1 Å². The predicted molar refractivity (Wildman–Crippen MR) is 130 cm³/mol. The number of rotatable bonds is 8. The van der Waals surface area contributed by atoms with Crippen LogP contribution in [-0.2, 0) is 14.9 Å². The molecule has 0 radical (unpaired) electrons. The van der Waals surface area contributed by atoms with Gasteiger partial charge in [-0.25, -0.2) is 0 Å². The Balaban J connectivity index is 2.91. The number of halogens is 4. The van der Waals surface area contributed by atoms with E-state index in [4.69, 9.17) is 9.47 Å². The topological polar surface area (TPSA) is 61.8 Å². The Morgan fingerprint density at radius 2 is 1.60 bits per heavy atom. The molecular weight excluding hydrogens is 504 g/mol. The molecule has 2 aromatic carbocycles. The quantitative estimate of drug-likeness (QED) is 0.0935. The van der Waals surface area contributed by atoms with E-state index < -0.39 is 47.8 Å². The van der Waals surface area contributed by atoms with Crippen molar-refractivity contribution in [2.45, 2.75) is 63.7 Å². The second-order valence-electron chi connectivity index (χ2n) is 9.10. The van der Waals surface area contributed by atoms with Crippen LogP contribution in [0.3, 0.4) is 0 Å². The van der Waals surface area contributed by atoms with Crippen LogP contribution in [0.25, 0.3) is 10.8 Å². The molecule has 0 N–H and O–H groups in total. The fourth-order valence-electron chi connectivity index (χ4n) is 4.55. The van der Waals surface area contributed by atoms with Gasteiger partial charge < -0.3 is 13.7 Å². The zero-order chi connectivity index (χ0) is 26.8. The van der Waals surface area contributed by atoms with Gasteiger partial charge in [-0.3, -0.25) is 0 Å². The van der Waals surface area contributed by atoms with E-state index in [9.17, 15) is 21.6 Å². The molecule has 0 amide bonds. The Morgan fingerprint density at radius 1 is 1.03 bits per heavy atom. The second kappa shape index (κ2) is 10.8. The van der Waals surface area contributed by atoms with Crippen molar-refractivity contribution in [3.8, 4) is 23.0 Å². The van der Waals surface area contributed by atoms with Gasteiger partial charge in [0, 0.05) is 18.1 Å². The van der Waals surface area contributed by atoms with Crippen LogP contribution in [0.5, 0.6) is 11.5 Å². The molecule has 35 heavy (non-hydrogen) atoms. The van der Waals surface area contributed by atoms with Gasteiger partial charge in [0.1, 0.15) is 8.07 Å². The minimum atomic E-state index is -6.17. The van der Waals surface area contributed by atoms with E-state index >= 15 is 4.39 Å². The van der Waals surface area contributed by atoms with Crippen molar-refractivity contribution in [3.63, 3.8) is 0 Å². The smallest absolute Gasteiger partial charge is 0.464 e. The van der Waals surface area contributed by atoms with Gasteiger partial charge >= 0.3 is 15.6 Å². The number of fused-ring (bicyclic) bond motifs is 1. The predicted octanol–water partition coefficient (Wildman–Crippen LogP) is 6.76. The van der Waals surface area contributed by atoms with Crippen molar-refractivity contribution >= 4 is 29.0 Å². The average molecular weight is 535 g/mol. The van der Waals surface area contributed by atoms with E-state index in [-0.39, 0.29) is 33.0 Å². The first-order chi connectivity index (χ1) is 16.1. The Bertz CT molecular complexity index is 1210. The van der Waals surface area contributed by atoms with Crippen LogP contribution in [0.2, 0.25) is 16.6 Å². The molecule has 0 saturated carbocycles. The fourth-order valence-corrected chi connectivity index (χ4v) is 10.2. The van der Waals surface area contributed by atoms with Crippen molar-refractivity contribution in [2.24, 2.45) is 0 Å². The third-order valence-electron chi connectivity index (χ3n) is 6.11. The summed E-state index contributed by atoms with van der Waals surface area (Å²) in [4.78, 5) is 0. The van der Waals surface area contributed by atoms with Gasteiger partial charge in [0.25, 0.3) is 0 Å². The Hall–Kier alpha value is -2.29. The molecule has 11 heteroatoms. The maximum Gasteiger partial charge on any atom is 0.534 e. The molecule has 0 unspecified atom stereocenters. The van der Waals surface area contributed by atoms with E-state index in [1.165, 1.54) is 25.3 Å². The molecule has 194 valence electrons. The molecule has 2 rings (SSSR count). The van der Waals surface area contributed by atoms with Crippen LogP contribution in [0.15, 0.2) is 24.3 Å². The average Bonchev–Trinajstić information content (AvgIpc) is 2.73. The minimum absolute atomic E-state index is 0.158. The van der Waals surface area contributed by atoms with Gasteiger partial charge in [-0.15, -0.1) is 5.54 Å². The molecule has 0 aliphatic carbocycles. The molecular formula is C24H30F4O5SSi. The largest absolute Gasteiger partial charge is 0.534 e. The van der Waals surface area contributed by atoms with Crippen LogP contribution in [0.4, 0.5) is 17.6 Å². The number of alkyl halides is 3. The van der Waals surface area contributed by atoms with E-state index in [1.54, 1.807) is 6.07 Å². The number of hydrogen-bond acceptors (Lipinski definition) is 5. The summed E-state index contributed by atoms with van der Waals surface area (Å²) in [6.45, 7) is 12.1. The summed E-state index contributed by atoms with van der Waals surface area (Å²) in [5.74, 6) is 0.000424. The second-order valence-corrected chi connectivity index (χ2v) is 16.2. The maximum atomic E-state index is 15.3. The molecule has 2 aromatic rings. The summed E-state index contributed by atoms with van der Waals surface area (Å²) < 4.78 is 92.5. The first-order valence-corrected chi connectivity index (χ1v) is 14.6. The van der Waals surface area contributed by atoms with Crippen LogP contribution in [0, 0.1) is 17.3 Å². The summed E-state index contributed by atoms with van der Waals surface area (Å²) in [5, 5.41) is 0.0110. The normalized spacial score (nSPS) is 12.9. The molecule has 0 spiro atoms. The molecule has 5 nitrogen and oxygen atoms in total. The lowest BCUT2D eigenvalue weighted by molar-refractivity contribution is -0.0500. The third-order valence-corrected chi connectivity index (χ3v) is 13.4. The van der Waals surface area contributed by atoms with Crippen molar-refractivity contribution in [1.82, 2.24) is 0 Å². The van der Waals surface area contributed by atoms with Gasteiger partial charge in [-0.2, -0.15) is 26.0 Å². The van der Waals surface area contributed by atoms with E-state index in [1.807, 2.05) is 0 Å². The Labute approximate surface area is 204 Å². The molecule has 0 saturated heterocycles. The maximum absolute atomic E-state index is 15.3. The Morgan fingerprint density at radius 3 is 2.09 bits per heavy atom. The highest BCUT2D eigenvalue weighted by Crippen LogP contribution is 2.42. The van der Waals surface area contributed by atoms with Crippen molar-refractivity contribution in [1.29, 1.82) is 0 Å². The zero-order valence-electron chi connectivity index (χ0n) is 20.7. The summed E-state index contributed by atoms with van der Waals surface area (Å²) in [6.07, 6.45) is 0. The molecule has 0 fully saturated rings. The van der Waals surface area contributed by atoms with Crippen molar-refractivity contribution < 1.29 is 39.6 Å². The monoisotopic (exact) mass is 534 g/mol. The lowest BCUT2D eigenvalue weighted by Gasteiger charge is -2.38. The highest BCUT2D eigenvalue weighted by atomic mass is 32.2. The van der Waals surface area contributed by atoms with E-state index in [0.29, 0.717) is 0 Å². The van der Waals surface area contributed by atoms with Crippen LogP contribution in [-0.4, -0.2) is 35.9 Å². The van der Waals surface area contributed by atoms with Gasteiger partial charge in [-0.1, -0.05) is 59.6 Å². The summed E-state index contributed by atoms with van der Waals surface area (Å²) >= 11 is 0. The molecule has 0 aliphatic rings. The Kier molecular flexibility index (Phi) is 8.90. The first kappa shape index (κ1) is 28.9. The minimum Gasteiger partial charge on any atom is -0.464 e. The fraction of sp³-hybridized carbons (Fsp3) is 0.500. The molecule has 0 aliphatic heterocycles. The van der Waals surface area contributed by atoms with Crippen molar-refractivity contribution in [3.05, 3.63) is 35.6 Å². The van der Waals surface area contributed by atoms with Crippen LogP contribution < -0.4 is 8.92 Å². The van der Waals surface area contributed by atoms with Gasteiger partial charge in [0.15, 0.2) is 18.3 Å². The molecule has 0 aromatic heterocycles. The standard InChI is InChI=1S/C24H30F4O5SSi/c1-15(2)35(16(3)4,17(5)6)12-11-18-9-8-10-19-13-20(32-14-31-7)22(25)23(21(18)19)33-34(29,30)24(26,27)28/h8-10,13,15-17H,14H2,1-7H3. The van der Waals surface area contributed by atoms with Gasteiger partial charge in [0.2, 0.25) is 5.82 Å². The van der Waals surface area contributed by atoms with E-state index in [2.05, 4.69) is 57.2 Å². The van der Waals surface area contributed by atoms with Crippen molar-refractivity contribution in [2.75, 3.05) is 13.9 Å².